The molecule has 2 rings (SSSR count). The van der Waals surface area contributed by atoms with E-state index in [1.807, 2.05) is 23.6 Å². The zero-order chi connectivity index (χ0) is 16.7. The van der Waals surface area contributed by atoms with Crippen LogP contribution in [0.1, 0.15) is 30.7 Å². The van der Waals surface area contributed by atoms with Crippen LogP contribution in [0.2, 0.25) is 5.02 Å². The van der Waals surface area contributed by atoms with Crippen molar-refractivity contribution in [1.29, 1.82) is 0 Å². The van der Waals surface area contributed by atoms with Gasteiger partial charge in [-0.1, -0.05) is 24.6 Å². The molecule has 0 bridgehead atoms. The summed E-state index contributed by atoms with van der Waals surface area (Å²) in [4.78, 5) is 15.7. The SMILES string of the molecule is CCOC(=O)Cc1csc(NN=Cc2ccc(Cl)cc2CC)n1. The molecule has 0 spiro atoms. The summed E-state index contributed by atoms with van der Waals surface area (Å²) in [7, 11) is 0. The van der Waals surface area contributed by atoms with Crippen molar-refractivity contribution in [2.75, 3.05) is 12.0 Å². The lowest BCUT2D eigenvalue weighted by Crippen LogP contribution is -2.07. The summed E-state index contributed by atoms with van der Waals surface area (Å²) in [6, 6.07) is 5.70. The molecule has 0 aliphatic carbocycles. The highest BCUT2D eigenvalue weighted by Gasteiger charge is 2.08. The number of rotatable bonds is 7. The van der Waals surface area contributed by atoms with Gasteiger partial charge >= 0.3 is 5.97 Å². The van der Waals surface area contributed by atoms with Crippen LogP contribution in [0.25, 0.3) is 0 Å². The Kier molecular flexibility index (Phi) is 6.55. The highest BCUT2D eigenvalue weighted by Crippen LogP contribution is 2.17. The summed E-state index contributed by atoms with van der Waals surface area (Å²) >= 11 is 7.38. The van der Waals surface area contributed by atoms with Gasteiger partial charge in [-0.25, -0.2) is 4.98 Å². The van der Waals surface area contributed by atoms with Gasteiger partial charge in [0.25, 0.3) is 0 Å². The number of hydrazone groups is 1. The van der Waals surface area contributed by atoms with E-state index in [-0.39, 0.29) is 12.4 Å². The fourth-order valence-corrected chi connectivity index (χ4v) is 2.82. The molecule has 0 amide bonds. The standard InChI is InChI=1S/C16H18ClN3O2S/c1-3-11-7-13(17)6-5-12(11)9-18-20-16-19-14(10-23-16)8-15(21)22-4-2/h5-7,9-10H,3-4,8H2,1-2H3,(H,19,20). The van der Waals surface area contributed by atoms with Crippen LogP contribution in [-0.4, -0.2) is 23.8 Å². The minimum atomic E-state index is -0.276. The Balaban J connectivity index is 1.96. The molecule has 0 aliphatic rings. The van der Waals surface area contributed by atoms with Crippen molar-refractivity contribution in [3.8, 4) is 0 Å². The number of thiazole rings is 1. The van der Waals surface area contributed by atoms with Gasteiger partial charge in [-0.05, 0) is 36.6 Å². The molecule has 0 saturated carbocycles. The summed E-state index contributed by atoms with van der Waals surface area (Å²) in [6.45, 7) is 4.22. The molecule has 1 N–H and O–H groups in total. The summed E-state index contributed by atoms with van der Waals surface area (Å²) in [6.07, 6.45) is 2.79. The highest BCUT2D eigenvalue weighted by molar-refractivity contribution is 7.13. The Morgan fingerprint density at radius 1 is 1.48 bits per heavy atom. The minimum Gasteiger partial charge on any atom is -0.466 e. The van der Waals surface area contributed by atoms with Crippen molar-refractivity contribution < 1.29 is 9.53 Å². The largest absolute Gasteiger partial charge is 0.466 e. The number of aryl methyl sites for hydroxylation is 1. The average molecular weight is 352 g/mol. The molecule has 0 aliphatic heterocycles. The van der Waals surface area contributed by atoms with Crippen LogP contribution < -0.4 is 5.43 Å². The summed E-state index contributed by atoms with van der Waals surface area (Å²) < 4.78 is 4.89. The lowest BCUT2D eigenvalue weighted by atomic mass is 10.1. The van der Waals surface area contributed by atoms with E-state index < -0.39 is 0 Å². The van der Waals surface area contributed by atoms with Crippen molar-refractivity contribution >= 4 is 40.3 Å². The summed E-state index contributed by atoms with van der Waals surface area (Å²) in [5, 5.41) is 7.36. The number of carbonyl (C=O) groups is 1. The van der Waals surface area contributed by atoms with E-state index in [9.17, 15) is 4.79 Å². The van der Waals surface area contributed by atoms with Crippen LogP contribution in [-0.2, 0) is 22.4 Å². The number of carbonyl (C=O) groups excluding carboxylic acids is 1. The Hall–Kier alpha value is -1.92. The first kappa shape index (κ1) is 17.4. The molecular formula is C16H18ClN3O2S. The van der Waals surface area contributed by atoms with Gasteiger partial charge in [0.05, 0.1) is 24.9 Å². The van der Waals surface area contributed by atoms with Crippen LogP contribution in [0, 0.1) is 0 Å². The van der Waals surface area contributed by atoms with E-state index in [4.69, 9.17) is 16.3 Å². The third kappa shape index (κ3) is 5.33. The molecular weight excluding hydrogens is 334 g/mol. The first-order valence-electron chi connectivity index (χ1n) is 7.30. The van der Waals surface area contributed by atoms with Gasteiger partial charge in [-0.2, -0.15) is 5.10 Å². The van der Waals surface area contributed by atoms with Gasteiger partial charge < -0.3 is 4.74 Å². The number of halogens is 1. The number of anilines is 1. The van der Waals surface area contributed by atoms with Crippen molar-refractivity contribution in [3.05, 3.63) is 45.4 Å². The number of ether oxygens (including phenoxy) is 1. The third-order valence-electron chi connectivity index (χ3n) is 3.03. The van der Waals surface area contributed by atoms with E-state index in [2.05, 4.69) is 22.4 Å². The van der Waals surface area contributed by atoms with Crippen LogP contribution in [0.15, 0.2) is 28.7 Å². The van der Waals surface area contributed by atoms with E-state index in [1.165, 1.54) is 11.3 Å². The smallest absolute Gasteiger partial charge is 0.311 e. The molecule has 1 aromatic heterocycles. The molecule has 0 atom stereocenters. The zero-order valence-electron chi connectivity index (χ0n) is 13.0. The Morgan fingerprint density at radius 3 is 3.04 bits per heavy atom. The van der Waals surface area contributed by atoms with Crippen molar-refractivity contribution in [1.82, 2.24) is 4.98 Å². The first-order valence-corrected chi connectivity index (χ1v) is 8.55. The van der Waals surface area contributed by atoms with Gasteiger partial charge in [0.2, 0.25) is 5.13 Å². The average Bonchev–Trinajstić information content (AvgIpc) is 2.96. The molecule has 0 fully saturated rings. The number of benzene rings is 1. The number of esters is 1. The van der Waals surface area contributed by atoms with Gasteiger partial charge in [-0.15, -0.1) is 11.3 Å². The molecule has 1 heterocycles. The topological polar surface area (TPSA) is 63.6 Å². The monoisotopic (exact) mass is 351 g/mol. The highest BCUT2D eigenvalue weighted by atomic mass is 35.5. The van der Waals surface area contributed by atoms with Gasteiger partial charge in [-0.3, -0.25) is 10.2 Å². The molecule has 7 heteroatoms. The van der Waals surface area contributed by atoms with Gasteiger partial charge in [0.15, 0.2) is 0 Å². The maximum absolute atomic E-state index is 11.4. The van der Waals surface area contributed by atoms with Gasteiger partial charge in [0.1, 0.15) is 0 Å². The lowest BCUT2D eigenvalue weighted by Gasteiger charge is -2.03. The van der Waals surface area contributed by atoms with Crippen LogP contribution in [0.4, 0.5) is 5.13 Å². The second kappa shape index (κ2) is 8.64. The maximum Gasteiger partial charge on any atom is 0.311 e. The Morgan fingerprint density at radius 2 is 2.30 bits per heavy atom. The first-order chi connectivity index (χ1) is 11.1. The van der Waals surface area contributed by atoms with E-state index >= 15 is 0 Å². The fraction of sp³-hybridized carbons (Fsp3) is 0.312. The fourth-order valence-electron chi connectivity index (χ4n) is 1.96. The van der Waals surface area contributed by atoms with E-state index in [0.29, 0.717) is 17.4 Å². The normalized spacial score (nSPS) is 10.9. The van der Waals surface area contributed by atoms with Gasteiger partial charge in [0, 0.05) is 10.4 Å². The number of hydrogen-bond donors (Lipinski definition) is 1. The Labute approximate surface area is 144 Å². The zero-order valence-corrected chi connectivity index (χ0v) is 14.6. The third-order valence-corrected chi connectivity index (χ3v) is 4.06. The minimum absolute atomic E-state index is 0.174. The molecule has 1 aromatic carbocycles. The predicted octanol–water partition coefficient (Wildman–Crippen LogP) is 3.91. The van der Waals surface area contributed by atoms with Crippen LogP contribution in [0.3, 0.4) is 0 Å². The van der Waals surface area contributed by atoms with Crippen molar-refractivity contribution in [3.63, 3.8) is 0 Å². The number of nitrogens with one attached hydrogen (secondary N) is 1. The van der Waals surface area contributed by atoms with Crippen LogP contribution in [0.5, 0.6) is 0 Å². The molecule has 0 saturated heterocycles. The molecule has 0 radical (unpaired) electrons. The number of aromatic nitrogens is 1. The maximum atomic E-state index is 11.4. The second-order valence-electron chi connectivity index (χ2n) is 4.69. The van der Waals surface area contributed by atoms with Crippen molar-refractivity contribution in [2.45, 2.75) is 26.7 Å². The van der Waals surface area contributed by atoms with E-state index in [1.54, 1.807) is 13.1 Å². The molecule has 2 aromatic rings. The molecule has 0 unspecified atom stereocenters. The molecule has 23 heavy (non-hydrogen) atoms. The quantitative estimate of drug-likeness (QED) is 0.466. The molecule has 5 nitrogen and oxygen atoms in total. The van der Waals surface area contributed by atoms with Crippen LogP contribution >= 0.6 is 22.9 Å². The second-order valence-corrected chi connectivity index (χ2v) is 5.99. The number of nitrogens with zero attached hydrogens (tertiary/aromatic N) is 2. The Bertz CT molecular complexity index is 700. The number of hydrogen-bond acceptors (Lipinski definition) is 6. The van der Waals surface area contributed by atoms with Crippen molar-refractivity contribution in [2.24, 2.45) is 5.10 Å². The summed E-state index contributed by atoms with van der Waals surface area (Å²) in [5.74, 6) is -0.276. The lowest BCUT2D eigenvalue weighted by molar-refractivity contribution is -0.142. The van der Waals surface area contributed by atoms with E-state index in [0.717, 1.165) is 22.6 Å². The summed E-state index contributed by atoms with van der Waals surface area (Å²) in [5.41, 5.74) is 5.69. The molecule has 122 valence electrons. The predicted molar refractivity (Wildman–Crippen MR) is 94.5 cm³/mol.